The summed E-state index contributed by atoms with van der Waals surface area (Å²) in [4.78, 5) is 20.9. The Morgan fingerprint density at radius 2 is 2.21 bits per heavy atom. The van der Waals surface area contributed by atoms with E-state index < -0.39 is 11.8 Å². The average Bonchev–Trinajstić information content (AvgIpc) is 2.15. The fourth-order valence-electron chi connectivity index (χ4n) is 1.02. The molecule has 0 aromatic carbocycles. The van der Waals surface area contributed by atoms with Gasteiger partial charge in [-0.05, 0) is 25.2 Å². The van der Waals surface area contributed by atoms with Gasteiger partial charge in [-0.25, -0.2) is 4.79 Å². The van der Waals surface area contributed by atoms with Crippen molar-refractivity contribution < 1.29 is 19.1 Å². The molecule has 0 rings (SSSR count). The van der Waals surface area contributed by atoms with Crippen LogP contribution in [0.15, 0.2) is 0 Å². The van der Waals surface area contributed by atoms with Crippen molar-refractivity contribution in [2.45, 2.75) is 32.3 Å². The highest BCUT2D eigenvalue weighted by Gasteiger charge is 2.25. The molecule has 0 bridgehead atoms. The van der Waals surface area contributed by atoms with E-state index in [4.69, 9.17) is 4.74 Å². The standard InChI is InChI=1S/C10H14O4/c1-4-6-10(2,7-5-8-11)14-9(12)13-3/h8H,4,6H2,1-3H3. The van der Waals surface area contributed by atoms with Crippen molar-refractivity contribution in [3.63, 3.8) is 0 Å². The van der Waals surface area contributed by atoms with Gasteiger partial charge in [0.05, 0.1) is 7.11 Å². The van der Waals surface area contributed by atoms with Gasteiger partial charge in [0, 0.05) is 0 Å². The van der Waals surface area contributed by atoms with E-state index >= 15 is 0 Å². The molecule has 4 heteroatoms. The molecule has 1 unspecified atom stereocenters. The molecule has 0 saturated carbocycles. The molecule has 0 saturated heterocycles. The Kier molecular flexibility index (Phi) is 5.38. The molecule has 0 N–H and O–H groups in total. The van der Waals surface area contributed by atoms with Gasteiger partial charge in [0.25, 0.3) is 0 Å². The predicted octanol–water partition coefficient (Wildman–Crippen LogP) is 1.53. The van der Waals surface area contributed by atoms with Crippen LogP contribution in [0.5, 0.6) is 0 Å². The number of aldehydes is 1. The van der Waals surface area contributed by atoms with E-state index in [0.29, 0.717) is 12.7 Å². The van der Waals surface area contributed by atoms with Crippen LogP contribution >= 0.6 is 0 Å². The Morgan fingerprint density at radius 1 is 1.57 bits per heavy atom. The first kappa shape index (κ1) is 12.5. The second kappa shape index (κ2) is 6.03. The minimum absolute atomic E-state index is 0.467. The molecular weight excluding hydrogens is 184 g/mol. The average molecular weight is 198 g/mol. The number of rotatable bonds is 3. The van der Waals surface area contributed by atoms with Crippen LogP contribution in [0.1, 0.15) is 26.7 Å². The van der Waals surface area contributed by atoms with Gasteiger partial charge < -0.3 is 9.47 Å². The molecule has 4 nitrogen and oxygen atoms in total. The molecule has 0 spiro atoms. The Balaban J connectivity index is 4.53. The summed E-state index contributed by atoms with van der Waals surface area (Å²) in [6.07, 6.45) is 1.03. The first-order valence-electron chi connectivity index (χ1n) is 4.31. The maximum Gasteiger partial charge on any atom is 0.509 e. The summed E-state index contributed by atoms with van der Waals surface area (Å²) in [5.74, 6) is 4.81. The van der Waals surface area contributed by atoms with Crippen LogP contribution in [-0.4, -0.2) is 25.2 Å². The van der Waals surface area contributed by atoms with Crippen molar-refractivity contribution in [3.8, 4) is 11.8 Å². The lowest BCUT2D eigenvalue weighted by atomic mass is 10.0. The molecule has 0 aromatic heterocycles. The zero-order valence-corrected chi connectivity index (χ0v) is 8.62. The van der Waals surface area contributed by atoms with E-state index in [9.17, 15) is 9.59 Å². The molecular formula is C10H14O4. The number of ether oxygens (including phenoxy) is 2. The molecule has 1 atom stereocenters. The van der Waals surface area contributed by atoms with Gasteiger partial charge in [-0.3, -0.25) is 4.79 Å². The third-order valence-corrected chi connectivity index (χ3v) is 1.60. The van der Waals surface area contributed by atoms with E-state index in [1.54, 1.807) is 6.92 Å². The van der Waals surface area contributed by atoms with Crippen LogP contribution in [0.2, 0.25) is 0 Å². The number of hydrogen-bond donors (Lipinski definition) is 0. The van der Waals surface area contributed by atoms with Crippen molar-refractivity contribution in [3.05, 3.63) is 0 Å². The Morgan fingerprint density at radius 3 is 2.64 bits per heavy atom. The second-order valence-corrected chi connectivity index (χ2v) is 2.92. The van der Waals surface area contributed by atoms with Gasteiger partial charge >= 0.3 is 6.16 Å². The van der Waals surface area contributed by atoms with E-state index in [2.05, 4.69) is 16.6 Å². The van der Waals surface area contributed by atoms with Gasteiger partial charge in [0.2, 0.25) is 0 Å². The minimum atomic E-state index is -0.942. The normalized spacial score (nSPS) is 13.1. The molecule has 78 valence electrons. The predicted molar refractivity (Wildman–Crippen MR) is 50.6 cm³/mol. The highest BCUT2D eigenvalue weighted by atomic mass is 16.7. The van der Waals surface area contributed by atoms with E-state index in [1.807, 2.05) is 6.92 Å². The summed E-state index contributed by atoms with van der Waals surface area (Å²) < 4.78 is 9.29. The monoisotopic (exact) mass is 198 g/mol. The van der Waals surface area contributed by atoms with Crippen molar-refractivity contribution in [2.75, 3.05) is 7.11 Å². The fraction of sp³-hybridized carbons (Fsp3) is 0.600. The lowest BCUT2D eigenvalue weighted by Crippen LogP contribution is -2.30. The summed E-state index contributed by atoms with van der Waals surface area (Å²) in [6, 6.07) is 0. The third-order valence-electron chi connectivity index (χ3n) is 1.60. The number of carbonyl (C=O) groups is 2. The zero-order chi connectivity index (χ0) is 11.0. The maximum atomic E-state index is 10.9. The quantitative estimate of drug-likeness (QED) is 0.392. The topological polar surface area (TPSA) is 52.6 Å². The Hall–Kier alpha value is -1.50. The molecule has 0 amide bonds. The highest BCUT2D eigenvalue weighted by Crippen LogP contribution is 2.17. The second-order valence-electron chi connectivity index (χ2n) is 2.92. The molecule has 0 heterocycles. The van der Waals surface area contributed by atoms with Gasteiger partial charge in [0.1, 0.15) is 0 Å². The van der Waals surface area contributed by atoms with E-state index in [0.717, 1.165) is 6.42 Å². The van der Waals surface area contributed by atoms with Crippen LogP contribution in [0.25, 0.3) is 0 Å². The number of hydrogen-bond acceptors (Lipinski definition) is 4. The largest absolute Gasteiger partial charge is 0.509 e. The molecule has 0 radical (unpaired) electrons. The van der Waals surface area contributed by atoms with Crippen LogP contribution in [0.4, 0.5) is 4.79 Å². The lowest BCUT2D eigenvalue weighted by Gasteiger charge is -2.22. The SMILES string of the molecule is CCCC(C)(C#CC=O)OC(=O)OC. The van der Waals surface area contributed by atoms with Gasteiger partial charge in [-0.15, -0.1) is 0 Å². The van der Waals surface area contributed by atoms with Crippen LogP contribution < -0.4 is 0 Å². The highest BCUT2D eigenvalue weighted by molar-refractivity contribution is 5.73. The van der Waals surface area contributed by atoms with Crippen molar-refractivity contribution in [2.24, 2.45) is 0 Å². The van der Waals surface area contributed by atoms with Crippen LogP contribution in [0, 0.1) is 11.8 Å². The third kappa shape index (κ3) is 4.51. The molecule has 0 fully saturated rings. The molecule has 0 aromatic rings. The zero-order valence-electron chi connectivity index (χ0n) is 8.62. The summed E-state index contributed by atoms with van der Waals surface area (Å²) in [7, 11) is 1.22. The van der Waals surface area contributed by atoms with Crippen molar-refractivity contribution in [1.82, 2.24) is 0 Å². The smallest absolute Gasteiger partial charge is 0.438 e. The van der Waals surface area contributed by atoms with Gasteiger partial charge in [-0.2, -0.15) is 0 Å². The summed E-state index contributed by atoms with van der Waals surface area (Å²) in [6.45, 7) is 3.57. The fourth-order valence-corrected chi connectivity index (χ4v) is 1.02. The summed E-state index contributed by atoms with van der Waals surface area (Å²) >= 11 is 0. The van der Waals surface area contributed by atoms with Gasteiger partial charge in [0.15, 0.2) is 11.9 Å². The van der Waals surface area contributed by atoms with Crippen molar-refractivity contribution in [1.29, 1.82) is 0 Å². The summed E-state index contributed by atoms with van der Waals surface area (Å²) in [5.41, 5.74) is -0.942. The van der Waals surface area contributed by atoms with Crippen molar-refractivity contribution >= 4 is 12.4 Å². The van der Waals surface area contributed by atoms with Gasteiger partial charge in [-0.1, -0.05) is 13.3 Å². The first-order valence-corrected chi connectivity index (χ1v) is 4.31. The van der Waals surface area contributed by atoms with E-state index in [1.165, 1.54) is 7.11 Å². The molecule has 0 aliphatic rings. The molecule has 14 heavy (non-hydrogen) atoms. The maximum absolute atomic E-state index is 10.9. The molecule has 0 aliphatic heterocycles. The summed E-state index contributed by atoms with van der Waals surface area (Å²) in [5, 5.41) is 0. The molecule has 0 aliphatic carbocycles. The number of methoxy groups -OCH3 is 1. The van der Waals surface area contributed by atoms with Crippen LogP contribution in [-0.2, 0) is 14.3 Å². The van der Waals surface area contributed by atoms with Crippen LogP contribution in [0.3, 0.4) is 0 Å². The van der Waals surface area contributed by atoms with E-state index in [-0.39, 0.29) is 0 Å². The Bertz CT molecular complexity index is 261. The number of carbonyl (C=O) groups excluding carboxylic acids is 2. The minimum Gasteiger partial charge on any atom is -0.438 e. The Labute approximate surface area is 83.6 Å². The first-order chi connectivity index (χ1) is 6.58. The lowest BCUT2D eigenvalue weighted by molar-refractivity contribution is -0.103.